The van der Waals surface area contributed by atoms with Crippen LogP contribution >= 0.6 is 0 Å². The molecule has 0 aliphatic heterocycles. The average Bonchev–Trinajstić information content (AvgIpc) is 2.63. The highest BCUT2D eigenvalue weighted by atomic mass is 16.6. The number of carbonyl (C=O) groups is 2. The monoisotopic (exact) mass is 199 g/mol. The van der Waals surface area contributed by atoms with Crippen LogP contribution in [0.2, 0.25) is 0 Å². The summed E-state index contributed by atoms with van der Waals surface area (Å²) in [6.07, 6.45) is 0.490. The first-order valence-corrected chi connectivity index (χ1v) is 3.96. The quantitative estimate of drug-likeness (QED) is 0.505. The Morgan fingerprint density at radius 1 is 1.71 bits per heavy atom. The predicted octanol–water partition coefficient (Wildman–Crippen LogP) is 0.429. The summed E-state index contributed by atoms with van der Waals surface area (Å²) in [5.41, 5.74) is 0. The van der Waals surface area contributed by atoms with Crippen LogP contribution in [0.5, 0.6) is 5.88 Å². The predicted molar refractivity (Wildman–Crippen MR) is 44.0 cm³/mol. The summed E-state index contributed by atoms with van der Waals surface area (Å²) >= 11 is 0. The van der Waals surface area contributed by atoms with Gasteiger partial charge >= 0.3 is 5.97 Å². The molecule has 0 aliphatic rings. The number of ether oxygens (including phenoxy) is 2. The van der Waals surface area contributed by atoms with E-state index < -0.39 is 5.97 Å². The van der Waals surface area contributed by atoms with Gasteiger partial charge in [-0.1, -0.05) is 0 Å². The summed E-state index contributed by atoms with van der Waals surface area (Å²) in [6, 6.07) is 1.28. The van der Waals surface area contributed by atoms with Crippen molar-refractivity contribution in [2.45, 2.75) is 6.92 Å². The van der Waals surface area contributed by atoms with Gasteiger partial charge in [-0.2, -0.15) is 0 Å². The summed E-state index contributed by atoms with van der Waals surface area (Å²) in [4.78, 5) is 21.0. The number of nitrogens with zero attached hydrogens (tertiary/aromatic N) is 1. The van der Waals surface area contributed by atoms with Crippen LogP contribution in [-0.2, 0) is 9.53 Å². The van der Waals surface area contributed by atoms with Crippen LogP contribution in [0.4, 0.5) is 0 Å². The fourth-order valence-electron chi connectivity index (χ4n) is 0.731. The van der Waals surface area contributed by atoms with E-state index >= 15 is 0 Å². The Balaban J connectivity index is 2.37. The van der Waals surface area contributed by atoms with Crippen molar-refractivity contribution in [2.75, 3.05) is 13.2 Å². The molecule has 6 heteroatoms. The molecule has 0 fully saturated rings. The first-order chi connectivity index (χ1) is 6.76. The number of aldehydes is 1. The minimum absolute atomic E-state index is 0.0452. The van der Waals surface area contributed by atoms with Crippen LogP contribution < -0.4 is 4.74 Å². The van der Waals surface area contributed by atoms with Crippen LogP contribution in [0.15, 0.2) is 10.6 Å². The van der Waals surface area contributed by atoms with E-state index in [0.717, 1.165) is 0 Å². The Labute approximate surface area is 79.8 Å². The maximum absolute atomic E-state index is 10.8. The van der Waals surface area contributed by atoms with Crippen LogP contribution in [0.3, 0.4) is 0 Å². The van der Waals surface area contributed by atoms with Gasteiger partial charge in [-0.15, -0.1) is 0 Å². The smallest absolute Gasteiger partial charge is 0.344 e. The third-order valence-corrected chi connectivity index (χ3v) is 1.27. The first-order valence-electron chi connectivity index (χ1n) is 3.96. The van der Waals surface area contributed by atoms with E-state index in [0.29, 0.717) is 12.9 Å². The number of hydrogen-bond acceptors (Lipinski definition) is 6. The minimum Gasteiger partial charge on any atom is -0.463 e. The zero-order valence-corrected chi connectivity index (χ0v) is 7.56. The third-order valence-electron chi connectivity index (χ3n) is 1.27. The largest absolute Gasteiger partial charge is 0.463 e. The fourth-order valence-corrected chi connectivity index (χ4v) is 0.731. The van der Waals surface area contributed by atoms with Crippen molar-refractivity contribution in [2.24, 2.45) is 0 Å². The molecule has 1 heterocycles. The molecule has 6 nitrogen and oxygen atoms in total. The van der Waals surface area contributed by atoms with Crippen molar-refractivity contribution in [3.63, 3.8) is 0 Å². The molecule has 0 radical (unpaired) electrons. The minimum atomic E-state index is -0.497. The third kappa shape index (κ3) is 2.89. The molecule has 1 rings (SSSR count). The fraction of sp³-hybridized carbons (Fsp3) is 0.375. The summed E-state index contributed by atoms with van der Waals surface area (Å²) in [6.45, 7) is 1.73. The van der Waals surface area contributed by atoms with E-state index in [1.807, 2.05) is 0 Å². The van der Waals surface area contributed by atoms with Crippen molar-refractivity contribution in [3.05, 3.63) is 11.8 Å². The van der Waals surface area contributed by atoms with Crippen LogP contribution in [0.25, 0.3) is 0 Å². The van der Waals surface area contributed by atoms with Crippen LogP contribution in [0, 0.1) is 0 Å². The average molecular weight is 199 g/mol. The van der Waals surface area contributed by atoms with E-state index in [1.165, 1.54) is 6.07 Å². The molecule has 0 aliphatic carbocycles. The lowest BCUT2D eigenvalue weighted by Crippen LogP contribution is -2.14. The van der Waals surface area contributed by atoms with E-state index in [4.69, 9.17) is 4.74 Å². The first kappa shape index (κ1) is 10.2. The molecule has 0 bridgehead atoms. The lowest BCUT2D eigenvalue weighted by atomic mass is 10.5. The number of aromatic nitrogens is 1. The summed E-state index contributed by atoms with van der Waals surface area (Å²) < 4.78 is 14.0. The van der Waals surface area contributed by atoms with Gasteiger partial charge in [-0.25, -0.2) is 4.79 Å². The molecule has 0 saturated carbocycles. The Kier molecular flexibility index (Phi) is 3.66. The number of rotatable bonds is 5. The second-order valence-corrected chi connectivity index (χ2v) is 2.28. The second-order valence-electron chi connectivity index (χ2n) is 2.28. The van der Waals surface area contributed by atoms with E-state index in [2.05, 4.69) is 14.4 Å². The second kappa shape index (κ2) is 5.00. The standard InChI is InChI=1S/C8H9NO5/c1-2-12-8(11)5-13-7-3-6(4-10)14-9-7/h3-4H,2,5H2,1H3. The highest BCUT2D eigenvalue weighted by Crippen LogP contribution is 2.08. The highest BCUT2D eigenvalue weighted by Gasteiger charge is 2.07. The lowest BCUT2D eigenvalue weighted by molar-refractivity contribution is -0.145. The molecule has 0 unspecified atom stereocenters. The molecule has 0 atom stereocenters. The molecule has 76 valence electrons. The Bertz CT molecular complexity index is 319. The summed E-state index contributed by atoms with van der Waals surface area (Å²) in [7, 11) is 0. The van der Waals surface area contributed by atoms with Crippen molar-refractivity contribution in [1.82, 2.24) is 5.16 Å². The van der Waals surface area contributed by atoms with Crippen molar-refractivity contribution in [3.8, 4) is 5.88 Å². The molecular weight excluding hydrogens is 190 g/mol. The molecular formula is C8H9NO5. The van der Waals surface area contributed by atoms with Crippen molar-refractivity contribution < 1.29 is 23.6 Å². The maximum atomic E-state index is 10.8. The molecule has 1 aromatic heterocycles. The Hall–Kier alpha value is -1.85. The topological polar surface area (TPSA) is 78.6 Å². The van der Waals surface area contributed by atoms with Crippen LogP contribution in [-0.4, -0.2) is 30.6 Å². The maximum Gasteiger partial charge on any atom is 0.344 e. The van der Waals surface area contributed by atoms with Gasteiger partial charge in [0.2, 0.25) is 5.76 Å². The van der Waals surface area contributed by atoms with Crippen LogP contribution in [0.1, 0.15) is 17.5 Å². The summed E-state index contributed by atoms with van der Waals surface area (Å²) in [5, 5.41) is 3.38. The van der Waals surface area contributed by atoms with E-state index in [1.54, 1.807) is 6.92 Å². The zero-order valence-electron chi connectivity index (χ0n) is 7.56. The number of hydrogen-bond donors (Lipinski definition) is 0. The van der Waals surface area contributed by atoms with Gasteiger partial charge in [0.05, 0.1) is 12.7 Å². The van der Waals surface area contributed by atoms with Gasteiger partial charge in [-0.05, 0) is 12.1 Å². The van der Waals surface area contributed by atoms with Crippen molar-refractivity contribution in [1.29, 1.82) is 0 Å². The lowest BCUT2D eigenvalue weighted by Gasteiger charge is -2.00. The van der Waals surface area contributed by atoms with Gasteiger partial charge in [0.25, 0.3) is 5.88 Å². The van der Waals surface area contributed by atoms with Gasteiger partial charge in [0.15, 0.2) is 12.9 Å². The van der Waals surface area contributed by atoms with E-state index in [9.17, 15) is 9.59 Å². The Morgan fingerprint density at radius 2 is 2.50 bits per heavy atom. The van der Waals surface area contributed by atoms with Gasteiger partial charge < -0.3 is 14.0 Å². The molecule has 0 spiro atoms. The number of esters is 1. The summed E-state index contributed by atoms with van der Waals surface area (Å²) in [5.74, 6) is -0.368. The zero-order chi connectivity index (χ0) is 10.4. The van der Waals surface area contributed by atoms with Gasteiger partial charge in [0, 0.05) is 0 Å². The van der Waals surface area contributed by atoms with Crippen molar-refractivity contribution >= 4 is 12.3 Å². The molecule has 0 N–H and O–H groups in total. The molecule has 0 amide bonds. The molecule has 0 aromatic carbocycles. The highest BCUT2D eigenvalue weighted by molar-refractivity contribution is 5.72. The molecule has 0 saturated heterocycles. The number of carbonyl (C=O) groups excluding carboxylic acids is 2. The van der Waals surface area contributed by atoms with Gasteiger partial charge in [0.1, 0.15) is 0 Å². The van der Waals surface area contributed by atoms with Gasteiger partial charge in [-0.3, -0.25) is 4.79 Å². The molecule has 14 heavy (non-hydrogen) atoms. The normalized spacial score (nSPS) is 9.50. The SMILES string of the molecule is CCOC(=O)COc1cc(C=O)on1. The Morgan fingerprint density at radius 3 is 3.07 bits per heavy atom. The molecule has 1 aromatic rings. The van der Waals surface area contributed by atoms with E-state index in [-0.39, 0.29) is 18.2 Å².